The number of phenols is 1. The molecule has 0 bridgehead atoms. The number of anilines is 1. The number of benzene rings is 2. The smallest absolute Gasteiger partial charge is 0.299 e. The summed E-state index contributed by atoms with van der Waals surface area (Å²) in [7, 11) is 1.55. The second-order valence-corrected chi connectivity index (χ2v) is 8.93. The third-order valence-electron chi connectivity index (χ3n) is 5.96. The van der Waals surface area contributed by atoms with E-state index >= 15 is 0 Å². The molecule has 0 spiro atoms. The molecule has 2 aliphatic rings. The molecule has 8 nitrogen and oxygen atoms in total. The minimum absolute atomic E-state index is 0.0272. The molecule has 3 heterocycles. The number of aliphatic imine (C=N–C) groups is 1. The summed E-state index contributed by atoms with van der Waals surface area (Å²) in [6.45, 7) is 3.47. The Balaban J connectivity index is 1.53. The average Bonchev–Trinajstić information content (AvgIpc) is 3.39. The van der Waals surface area contributed by atoms with Gasteiger partial charge >= 0.3 is 0 Å². The summed E-state index contributed by atoms with van der Waals surface area (Å²) >= 11 is 3.36. The maximum atomic E-state index is 13.6. The van der Waals surface area contributed by atoms with Gasteiger partial charge in [-0.1, -0.05) is 36.4 Å². The number of imidazole rings is 1. The molecular weight excluding hydrogens is 486 g/mol. The largest absolute Gasteiger partial charge is 0.507 e. The Bertz CT molecular complexity index is 1240. The van der Waals surface area contributed by atoms with Gasteiger partial charge in [0.2, 0.25) is 5.96 Å². The Morgan fingerprint density at radius 2 is 1.97 bits per heavy atom. The summed E-state index contributed by atoms with van der Waals surface area (Å²) in [6, 6.07) is 15.9. The topological polar surface area (TPSA) is 83.2 Å². The number of methoxy groups -OCH3 is 1. The number of carbonyl (C=O) groups is 1. The van der Waals surface area contributed by atoms with Crippen LogP contribution >= 0.6 is 15.9 Å². The Morgan fingerprint density at radius 1 is 1.18 bits per heavy atom. The van der Waals surface area contributed by atoms with Crippen LogP contribution in [0.25, 0.3) is 0 Å². The molecule has 1 aromatic heterocycles. The molecule has 170 valence electrons. The minimum Gasteiger partial charge on any atom is -0.507 e. The molecule has 5 rings (SSSR count). The lowest BCUT2D eigenvalue weighted by Crippen LogP contribution is -2.50. The van der Waals surface area contributed by atoms with Gasteiger partial charge in [0.05, 0.1) is 30.7 Å². The van der Waals surface area contributed by atoms with E-state index in [0.717, 1.165) is 12.0 Å². The van der Waals surface area contributed by atoms with Crippen LogP contribution in [0.4, 0.5) is 5.82 Å². The quantitative estimate of drug-likeness (QED) is 0.548. The van der Waals surface area contributed by atoms with Crippen molar-refractivity contribution in [1.29, 1.82) is 0 Å². The number of fused-ring (bicyclic) bond motifs is 3. The van der Waals surface area contributed by atoms with Crippen LogP contribution in [-0.4, -0.2) is 57.7 Å². The van der Waals surface area contributed by atoms with Crippen LogP contribution in [0.3, 0.4) is 0 Å². The highest BCUT2D eigenvalue weighted by Gasteiger charge is 2.43. The number of halogens is 1. The Kier molecular flexibility index (Phi) is 5.57. The Morgan fingerprint density at radius 3 is 2.67 bits per heavy atom. The van der Waals surface area contributed by atoms with Crippen molar-refractivity contribution in [2.24, 2.45) is 4.99 Å². The highest BCUT2D eigenvalue weighted by Crippen LogP contribution is 2.36. The van der Waals surface area contributed by atoms with E-state index in [0.29, 0.717) is 47.6 Å². The van der Waals surface area contributed by atoms with E-state index in [-0.39, 0.29) is 17.7 Å². The first-order valence-electron chi connectivity index (χ1n) is 10.8. The molecule has 0 saturated heterocycles. The first kappa shape index (κ1) is 21.5. The van der Waals surface area contributed by atoms with Gasteiger partial charge in [-0.05, 0) is 52.5 Å². The van der Waals surface area contributed by atoms with Gasteiger partial charge in [-0.15, -0.1) is 0 Å². The van der Waals surface area contributed by atoms with Gasteiger partial charge in [0.25, 0.3) is 11.9 Å². The van der Waals surface area contributed by atoms with E-state index in [4.69, 9.17) is 9.73 Å². The van der Waals surface area contributed by atoms with Gasteiger partial charge in [0.1, 0.15) is 5.75 Å². The van der Waals surface area contributed by atoms with Crippen molar-refractivity contribution in [1.82, 2.24) is 14.5 Å². The van der Waals surface area contributed by atoms with Crippen LogP contribution in [0.2, 0.25) is 0 Å². The van der Waals surface area contributed by atoms with Gasteiger partial charge in [0, 0.05) is 6.54 Å². The van der Waals surface area contributed by atoms with E-state index in [1.807, 2.05) is 42.2 Å². The molecule has 0 fully saturated rings. The van der Waals surface area contributed by atoms with Crippen molar-refractivity contribution < 1.29 is 14.6 Å². The molecule has 2 aliphatic heterocycles. The standard InChI is InChI=1S/C24H24BrN5O3/c1-3-28-22(32)20-21(30-14-17(26-23(28)30)11-15-7-5-4-6-8-15)27-24(33-2)29(20)13-16-9-10-19(31)18(25)12-16/h4-10,12,17,31H,3,11,13-14H2,1-2H3/t17-/m1/s1. The summed E-state index contributed by atoms with van der Waals surface area (Å²) < 4.78 is 7.95. The Hall–Kier alpha value is -3.33. The molecule has 0 aliphatic carbocycles. The van der Waals surface area contributed by atoms with E-state index < -0.39 is 0 Å². The van der Waals surface area contributed by atoms with E-state index in [1.54, 1.807) is 22.6 Å². The molecule has 0 saturated carbocycles. The highest BCUT2D eigenvalue weighted by molar-refractivity contribution is 9.10. The summed E-state index contributed by atoms with van der Waals surface area (Å²) in [5, 5.41) is 9.83. The number of aromatic hydroxyl groups is 1. The number of aromatic nitrogens is 2. The summed E-state index contributed by atoms with van der Waals surface area (Å²) in [6.07, 6.45) is 0.793. The molecule has 1 N–H and O–H groups in total. The fourth-order valence-electron chi connectivity index (χ4n) is 4.42. The maximum absolute atomic E-state index is 13.6. The van der Waals surface area contributed by atoms with Crippen LogP contribution < -0.4 is 9.64 Å². The molecule has 3 aromatic rings. The van der Waals surface area contributed by atoms with Gasteiger partial charge in [-0.25, -0.2) is 4.99 Å². The monoisotopic (exact) mass is 509 g/mol. The van der Waals surface area contributed by atoms with Crippen molar-refractivity contribution in [3.8, 4) is 11.8 Å². The number of carbonyl (C=O) groups excluding carboxylic acids is 1. The second kappa shape index (κ2) is 8.55. The number of amides is 1. The number of phenolic OH excluding ortho intramolecular Hbond substituents is 1. The zero-order chi connectivity index (χ0) is 23.1. The van der Waals surface area contributed by atoms with Gasteiger partial charge in [-0.2, -0.15) is 4.98 Å². The van der Waals surface area contributed by atoms with Crippen molar-refractivity contribution in [2.75, 3.05) is 25.1 Å². The number of hydrogen-bond donors (Lipinski definition) is 1. The van der Waals surface area contributed by atoms with E-state index in [9.17, 15) is 9.90 Å². The van der Waals surface area contributed by atoms with Crippen LogP contribution in [-0.2, 0) is 13.0 Å². The third kappa shape index (κ3) is 3.76. The second-order valence-electron chi connectivity index (χ2n) is 8.08. The maximum Gasteiger partial charge on any atom is 0.299 e. The normalized spacial score (nSPS) is 17.1. The Labute approximate surface area is 200 Å². The first-order chi connectivity index (χ1) is 16.0. The van der Waals surface area contributed by atoms with Crippen molar-refractivity contribution in [2.45, 2.75) is 25.9 Å². The van der Waals surface area contributed by atoms with E-state index in [1.165, 1.54) is 5.56 Å². The number of guanidine groups is 1. The fourth-order valence-corrected chi connectivity index (χ4v) is 4.84. The molecule has 2 aromatic carbocycles. The van der Waals surface area contributed by atoms with Crippen LogP contribution in [0, 0.1) is 0 Å². The third-order valence-corrected chi connectivity index (χ3v) is 6.59. The summed E-state index contributed by atoms with van der Waals surface area (Å²) in [5.74, 6) is 1.25. The summed E-state index contributed by atoms with van der Waals surface area (Å²) in [5.41, 5.74) is 2.59. The molecule has 33 heavy (non-hydrogen) atoms. The molecular formula is C24H24BrN5O3. The molecule has 9 heteroatoms. The SMILES string of the molecule is CCN1C(=O)c2c(nc(OC)n2Cc2ccc(O)c(Br)c2)N2C[C@@H](Cc3ccccc3)N=C12. The summed E-state index contributed by atoms with van der Waals surface area (Å²) in [4.78, 5) is 26.9. The molecule has 0 unspecified atom stereocenters. The van der Waals surface area contributed by atoms with Gasteiger partial charge in [-0.3, -0.25) is 19.2 Å². The van der Waals surface area contributed by atoms with Crippen LogP contribution in [0.15, 0.2) is 58.0 Å². The zero-order valence-corrected chi connectivity index (χ0v) is 20.0. The van der Waals surface area contributed by atoms with Crippen LogP contribution in [0.1, 0.15) is 28.5 Å². The van der Waals surface area contributed by atoms with Crippen molar-refractivity contribution >= 4 is 33.6 Å². The molecule has 1 amide bonds. The minimum atomic E-state index is -0.142. The highest BCUT2D eigenvalue weighted by atomic mass is 79.9. The lowest BCUT2D eigenvalue weighted by molar-refractivity contribution is 0.0835. The molecule has 1 atom stereocenters. The average molecular weight is 510 g/mol. The number of rotatable bonds is 6. The van der Waals surface area contributed by atoms with E-state index in [2.05, 4.69) is 33.0 Å². The first-order valence-corrected chi connectivity index (χ1v) is 11.6. The zero-order valence-electron chi connectivity index (χ0n) is 18.4. The number of ether oxygens (including phenoxy) is 1. The predicted octanol–water partition coefficient (Wildman–Crippen LogP) is 3.67. The van der Waals surface area contributed by atoms with Gasteiger partial charge in [0.15, 0.2) is 11.5 Å². The van der Waals surface area contributed by atoms with Crippen LogP contribution in [0.5, 0.6) is 11.8 Å². The van der Waals surface area contributed by atoms with Gasteiger partial charge < -0.3 is 9.84 Å². The molecule has 0 radical (unpaired) electrons. The predicted molar refractivity (Wildman–Crippen MR) is 129 cm³/mol. The lowest BCUT2D eigenvalue weighted by Gasteiger charge is -2.32. The van der Waals surface area contributed by atoms with Crippen molar-refractivity contribution in [3.63, 3.8) is 0 Å². The fraction of sp³-hybridized carbons (Fsp3) is 0.292. The van der Waals surface area contributed by atoms with Crippen molar-refractivity contribution in [3.05, 3.63) is 69.8 Å². The number of nitrogens with zero attached hydrogens (tertiary/aromatic N) is 5. The number of hydrogen-bond acceptors (Lipinski definition) is 6. The lowest BCUT2D eigenvalue weighted by atomic mass is 10.1.